The third kappa shape index (κ3) is 38.3. The van der Waals surface area contributed by atoms with Crippen molar-refractivity contribution in [3.8, 4) is 12.1 Å². The zero-order valence-corrected chi connectivity index (χ0v) is 53.4. The van der Waals surface area contributed by atoms with Gasteiger partial charge in [-0.15, -0.1) is 21.6 Å². The molecule has 1 heterocycles. The number of rotatable bonds is 56. The molecule has 17 heteroatoms. The van der Waals surface area contributed by atoms with Crippen molar-refractivity contribution in [2.24, 2.45) is 22.1 Å². The van der Waals surface area contributed by atoms with Crippen molar-refractivity contribution in [2.45, 2.75) is 233 Å². The zero-order valence-electron chi connectivity index (χ0n) is 52.6. The summed E-state index contributed by atoms with van der Waals surface area (Å²) < 4.78 is 28.1. The molecule has 1 aromatic heterocycles. The summed E-state index contributed by atoms with van der Waals surface area (Å²) in [6, 6.07) is 9.90. The number of nitriles is 2. The zero-order chi connectivity index (χ0) is 61.8. The predicted octanol–water partition coefficient (Wildman–Crippen LogP) is 17.5. The van der Waals surface area contributed by atoms with Crippen LogP contribution in [0.25, 0.3) is 0 Å². The van der Waals surface area contributed by atoms with Crippen LogP contribution in [-0.2, 0) is 42.9 Å². The molecule has 0 aliphatic rings. The molecule has 0 amide bonds. The minimum atomic E-state index is -1.03. The first-order chi connectivity index (χ1) is 41.4. The fraction of sp³-hybridized carbons (Fsp3) is 0.706. The summed E-state index contributed by atoms with van der Waals surface area (Å²) >= 11 is 1.12. The number of hydrogen-bond acceptors (Lipinski definition) is 15. The molecule has 16 nitrogen and oxygen atoms in total. The molecule has 2 N–H and O–H groups in total. The molecule has 476 valence electrons. The maximum Gasteiger partial charge on any atom is 0.307 e. The van der Waals surface area contributed by atoms with E-state index in [2.05, 4.69) is 41.1 Å². The lowest BCUT2D eigenvalue weighted by Crippen LogP contribution is -2.31. The number of aryl methyl sites for hydroxylation is 1. The van der Waals surface area contributed by atoms with Gasteiger partial charge in [-0.3, -0.25) is 19.2 Å². The molecule has 0 fully saturated rings. The number of azo groups is 1. The van der Waals surface area contributed by atoms with E-state index in [1.807, 2.05) is 49.4 Å². The molecule has 0 spiro atoms. The second-order valence-corrected chi connectivity index (χ2v) is 23.4. The number of carbonyl (C=O) groups excluding carboxylic acids is 2. The highest BCUT2D eigenvalue weighted by Gasteiger charge is 2.22. The van der Waals surface area contributed by atoms with Crippen LogP contribution in [0.1, 0.15) is 241 Å². The van der Waals surface area contributed by atoms with Crippen LogP contribution < -0.4 is 4.90 Å². The van der Waals surface area contributed by atoms with Gasteiger partial charge in [-0.1, -0.05) is 192 Å². The summed E-state index contributed by atoms with van der Waals surface area (Å²) in [4.78, 5) is 51.5. The quantitative estimate of drug-likeness (QED) is 0.0272. The molecule has 85 heavy (non-hydrogen) atoms. The number of allylic oxidation sites excluding steroid dienone is 4. The van der Waals surface area contributed by atoms with Gasteiger partial charge in [0.2, 0.25) is 0 Å². The maximum atomic E-state index is 12.7. The number of hydrogen-bond donors (Lipinski definition) is 2. The summed E-state index contributed by atoms with van der Waals surface area (Å²) in [5, 5.41) is 47.7. The van der Waals surface area contributed by atoms with Crippen LogP contribution in [0.15, 0.2) is 52.7 Å². The minimum absolute atomic E-state index is 0.00459. The standard InChI is InChI=1S/C68H107N5O11S/c1-5-7-9-11-13-15-17-19-21-23-25-27-29-31-33-35-37-58(67(76)77)52-64(74)83-49-47-81-44-42-73(60-39-40-62(56(3)51-60)71-72-66-61(54-69)57(4)63(55-70)85-66)41-43-80-45-46-82-48-50-84-65(75)53-59(68(78)79)38-36-34-32-30-28-26-24-22-20-18-16-14-12-10-8-6-2/h33-36,39-40,51,58-59H,5-32,37-38,41-50,52-53H2,1-4H3,(H,76,77)(H,78,79)/b35-33+,36-34+,72-71?. The topological polar surface area (TPSA) is 230 Å². The van der Waals surface area contributed by atoms with E-state index in [0.717, 1.165) is 48.3 Å². The number of carboxylic acids is 2. The molecule has 0 aliphatic heterocycles. The molecule has 0 radical (unpaired) electrons. The Hall–Kier alpha value is -5.46. The second kappa shape index (κ2) is 51.7. The molecular weight excluding hydrogens is 1090 g/mol. The van der Waals surface area contributed by atoms with Crippen LogP contribution in [0.3, 0.4) is 0 Å². The van der Waals surface area contributed by atoms with Gasteiger partial charge in [0, 0.05) is 18.8 Å². The Bertz CT molecular complexity index is 2290. The summed E-state index contributed by atoms with van der Waals surface area (Å²) in [5.41, 5.74) is 3.17. The number of unbranched alkanes of at least 4 members (excludes halogenated alkanes) is 26. The summed E-state index contributed by atoms with van der Waals surface area (Å²) in [5.74, 6) is -4.93. The summed E-state index contributed by atoms with van der Waals surface area (Å²) in [6.07, 6.45) is 43.4. The smallest absolute Gasteiger partial charge is 0.307 e. The van der Waals surface area contributed by atoms with E-state index < -0.39 is 35.7 Å². The van der Waals surface area contributed by atoms with Gasteiger partial charge in [-0.05, 0) is 81.7 Å². The highest BCUT2D eigenvalue weighted by molar-refractivity contribution is 7.16. The first kappa shape index (κ1) is 75.6. The van der Waals surface area contributed by atoms with Gasteiger partial charge in [0.15, 0.2) is 5.00 Å². The SMILES string of the molecule is CCCCCCCCCCCCCCC/C=C/CC(CC(=O)OCCOCCOCCN(CCOCCOC(=O)CC(C/C=C/CCCCCCCCCCCCCCC)C(=O)O)c1ccc(N=Nc2sc(C#N)c(C)c2C#N)c(C)c1)C(=O)O. The number of ether oxygens (including phenoxy) is 5. The van der Waals surface area contributed by atoms with Crippen molar-refractivity contribution in [2.75, 3.05) is 70.8 Å². The van der Waals surface area contributed by atoms with E-state index in [1.54, 1.807) is 6.92 Å². The number of carboxylic acid groups (broad SMARTS) is 2. The average Bonchev–Trinajstić information content (AvgIpc) is 4.06. The van der Waals surface area contributed by atoms with E-state index in [4.69, 9.17) is 23.7 Å². The van der Waals surface area contributed by atoms with Crippen LogP contribution in [0.4, 0.5) is 16.4 Å². The normalized spacial score (nSPS) is 12.3. The molecule has 2 aromatic rings. The molecule has 0 bridgehead atoms. The lowest BCUT2D eigenvalue weighted by molar-refractivity contribution is -0.152. The van der Waals surface area contributed by atoms with Crippen molar-refractivity contribution < 1.29 is 53.1 Å². The van der Waals surface area contributed by atoms with Crippen molar-refractivity contribution in [1.82, 2.24) is 0 Å². The molecule has 0 aliphatic carbocycles. The summed E-state index contributed by atoms with van der Waals surface area (Å²) in [6.45, 7) is 10.4. The fourth-order valence-corrected chi connectivity index (χ4v) is 10.7. The summed E-state index contributed by atoms with van der Waals surface area (Å²) in [7, 11) is 0. The maximum absolute atomic E-state index is 12.7. The van der Waals surface area contributed by atoms with E-state index in [9.17, 15) is 39.9 Å². The molecule has 1 aromatic carbocycles. The van der Waals surface area contributed by atoms with Gasteiger partial charge >= 0.3 is 23.9 Å². The predicted molar refractivity (Wildman–Crippen MR) is 340 cm³/mol. The van der Waals surface area contributed by atoms with Crippen molar-refractivity contribution in [1.29, 1.82) is 10.5 Å². The highest BCUT2D eigenvalue weighted by Crippen LogP contribution is 2.36. The molecular formula is C68H107N5O11S. The van der Waals surface area contributed by atoms with Gasteiger partial charge in [-0.2, -0.15) is 10.5 Å². The van der Waals surface area contributed by atoms with Gasteiger partial charge in [0.05, 0.1) is 75.6 Å². The van der Waals surface area contributed by atoms with Crippen molar-refractivity contribution >= 4 is 51.6 Å². The largest absolute Gasteiger partial charge is 0.481 e. The van der Waals surface area contributed by atoms with Gasteiger partial charge in [0.1, 0.15) is 30.2 Å². The third-order valence-electron chi connectivity index (χ3n) is 15.1. The Labute approximate surface area is 515 Å². The van der Waals surface area contributed by atoms with E-state index >= 15 is 0 Å². The van der Waals surface area contributed by atoms with E-state index in [-0.39, 0.29) is 71.9 Å². The number of benzene rings is 1. The van der Waals surface area contributed by atoms with Crippen molar-refractivity contribution in [3.05, 3.63) is 64.1 Å². The Kier molecular flexibility index (Phi) is 46.0. The number of aliphatic carboxylic acids is 2. The van der Waals surface area contributed by atoms with Crippen LogP contribution in [0, 0.1) is 48.3 Å². The lowest BCUT2D eigenvalue weighted by atomic mass is 10.0. The van der Waals surface area contributed by atoms with Gasteiger partial charge < -0.3 is 38.8 Å². The Morgan fingerprint density at radius 1 is 0.541 bits per heavy atom. The second-order valence-electron chi connectivity index (χ2n) is 22.4. The molecule has 2 rings (SSSR count). The molecule has 2 atom stereocenters. The molecule has 0 saturated heterocycles. The van der Waals surface area contributed by atoms with Crippen LogP contribution >= 0.6 is 11.3 Å². The lowest BCUT2D eigenvalue weighted by Gasteiger charge is -2.25. The number of esters is 2. The third-order valence-corrected chi connectivity index (χ3v) is 16.2. The van der Waals surface area contributed by atoms with Gasteiger partial charge in [-0.25, -0.2) is 0 Å². The Morgan fingerprint density at radius 3 is 1.33 bits per heavy atom. The number of anilines is 1. The first-order valence-corrected chi connectivity index (χ1v) is 33.3. The van der Waals surface area contributed by atoms with E-state index in [0.29, 0.717) is 46.4 Å². The van der Waals surface area contributed by atoms with Crippen LogP contribution in [0.2, 0.25) is 0 Å². The number of nitrogens with zero attached hydrogens (tertiary/aromatic N) is 5. The monoisotopic (exact) mass is 1200 g/mol. The number of thiophene rings is 1. The Balaban J connectivity index is 1.75. The van der Waals surface area contributed by atoms with Gasteiger partial charge in [0.25, 0.3) is 0 Å². The number of carbonyl (C=O) groups is 4. The van der Waals surface area contributed by atoms with Crippen molar-refractivity contribution in [3.63, 3.8) is 0 Å². The first-order valence-electron chi connectivity index (χ1n) is 32.5. The van der Waals surface area contributed by atoms with Crippen LogP contribution in [0.5, 0.6) is 0 Å². The van der Waals surface area contributed by atoms with E-state index in [1.165, 1.54) is 154 Å². The van der Waals surface area contributed by atoms with Crippen LogP contribution in [-0.4, -0.2) is 100 Å². The fourth-order valence-electron chi connectivity index (χ4n) is 9.81. The minimum Gasteiger partial charge on any atom is -0.481 e. The highest BCUT2D eigenvalue weighted by atomic mass is 32.1. The Morgan fingerprint density at radius 2 is 0.941 bits per heavy atom. The average molecular weight is 1200 g/mol. The molecule has 2 unspecified atom stereocenters. The molecule has 0 saturated carbocycles.